The predicted octanol–water partition coefficient (Wildman–Crippen LogP) is 0.914. The molecule has 0 aromatic heterocycles. The summed E-state index contributed by atoms with van der Waals surface area (Å²) in [6, 6.07) is 1.63. The topological polar surface area (TPSA) is 67.2 Å². The lowest BCUT2D eigenvalue weighted by Crippen LogP contribution is -2.24. The number of Topliss-reactive ketones (excluding diaryl/α,β-unsaturated/α-hetero) is 1. The van der Waals surface area contributed by atoms with Crippen LogP contribution in [0.2, 0.25) is 0 Å². The lowest BCUT2D eigenvalue weighted by atomic mass is 9.97. The molecule has 0 radical (unpaired) electrons. The normalized spacial score (nSPS) is 11.9. The molecule has 0 rings (SSSR count). The number of hydrogen-bond acceptors (Lipinski definition) is 4. The maximum Gasteiger partial charge on any atom is 0.330 e. The molecule has 72 valence electrons. The smallest absolute Gasteiger partial charge is 0.330 e. The number of methoxy groups -OCH3 is 1. The Morgan fingerprint density at radius 2 is 2.00 bits per heavy atom. The van der Waals surface area contributed by atoms with E-state index < -0.39 is 11.9 Å². The molecule has 0 saturated carbocycles. The van der Waals surface area contributed by atoms with E-state index in [4.69, 9.17) is 5.26 Å². The molecule has 0 bridgehead atoms. The number of hydrogen-bond donors (Lipinski definition) is 0. The maximum atomic E-state index is 11.3. The van der Waals surface area contributed by atoms with Crippen molar-refractivity contribution >= 4 is 11.8 Å². The van der Waals surface area contributed by atoms with Crippen LogP contribution in [0.15, 0.2) is 0 Å². The molecule has 0 aliphatic rings. The number of esters is 1. The molecule has 0 saturated heterocycles. The third-order valence-corrected chi connectivity index (χ3v) is 1.50. The second-order valence-electron chi connectivity index (χ2n) is 3.15. The number of rotatable bonds is 4. The summed E-state index contributed by atoms with van der Waals surface area (Å²) in [5, 5.41) is 8.54. The molecule has 1 atom stereocenters. The summed E-state index contributed by atoms with van der Waals surface area (Å²) in [4.78, 5) is 22.2. The summed E-state index contributed by atoms with van der Waals surface area (Å²) in [5.41, 5.74) is 0. The van der Waals surface area contributed by atoms with Crippen LogP contribution >= 0.6 is 0 Å². The molecule has 0 spiro atoms. The second kappa shape index (κ2) is 5.31. The van der Waals surface area contributed by atoms with Gasteiger partial charge in [-0.1, -0.05) is 13.8 Å². The van der Waals surface area contributed by atoms with E-state index in [-0.39, 0.29) is 18.1 Å². The summed E-state index contributed by atoms with van der Waals surface area (Å²) in [6.07, 6.45) is 0.229. The van der Waals surface area contributed by atoms with Crippen molar-refractivity contribution in [3.05, 3.63) is 0 Å². The van der Waals surface area contributed by atoms with Gasteiger partial charge in [0.05, 0.1) is 13.2 Å². The van der Waals surface area contributed by atoms with Crippen LogP contribution in [0.25, 0.3) is 0 Å². The van der Waals surface area contributed by atoms with Crippen molar-refractivity contribution in [3.8, 4) is 6.07 Å². The SMILES string of the molecule is COC(=O)C(C#N)C(=O)CC(C)C. The summed E-state index contributed by atoms with van der Waals surface area (Å²) in [6.45, 7) is 3.70. The van der Waals surface area contributed by atoms with Gasteiger partial charge in [-0.05, 0) is 5.92 Å². The molecule has 4 nitrogen and oxygen atoms in total. The fourth-order valence-electron chi connectivity index (χ4n) is 0.894. The first kappa shape index (κ1) is 11.6. The molecule has 13 heavy (non-hydrogen) atoms. The third kappa shape index (κ3) is 3.70. The second-order valence-corrected chi connectivity index (χ2v) is 3.15. The molecule has 0 fully saturated rings. The molecule has 0 heterocycles. The fraction of sp³-hybridized carbons (Fsp3) is 0.667. The Morgan fingerprint density at radius 3 is 2.31 bits per heavy atom. The molecule has 0 amide bonds. The van der Waals surface area contributed by atoms with Gasteiger partial charge in [0.25, 0.3) is 0 Å². The lowest BCUT2D eigenvalue weighted by molar-refractivity contribution is -0.147. The fourth-order valence-corrected chi connectivity index (χ4v) is 0.894. The van der Waals surface area contributed by atoms with Gasteiger partial charge < -0.3 is 4.74 Å². The van der Waals surface area contributed by atoms with Crippen LogP contribution in [-0.2, 0) is 14.3 Å². The van der Waals surface area contributed by atoms with Crippen molar-refractivity contribution in [2.75, 3.05) is 7.11 Å². The van der Waals surface area contributed by atoms with Crippen LogP contribution in [0.5, 0.6) is 0 Å². The van der Waals surface area contributed by atoms with E-state index in [9.17, 15) is 9.59 Å². The van der Waals surface area contributed by atoms with Gasteiger partial charge in [0.1, 0.15) is 0 Å². The van der Waals surface area contributed by atoms with Gasteiger partial charge in [0.15, 0.2) is 5.78 Å². The largest absolute Gasteiger partial charge is 0.468 e. The van der Waals surface area contributed by atoms with Gasteiger partial charge in [0, 0.05) is 6.42 Å². The van der Waals surface area contributed by atoms with Gasteiger partial charge >= 0.3 is 5.97 Å². The zero-order chi connectivity index (χ0) is 10.4. The van der Waals surface area contributed by atoms with Gasteiger partial charge in [-0.2, -0.15) is 5.26 Å². The minimum absolute atomic E-state index is 0.146. The van der Waals surface area contributed by atoms with E-state index in [1.807, 2.05) is 13.8 Å². The molecular formula is C9H13NO3. The minimum atomic E-state index is -1.26. The third-order valence-electron chi connectivity index (χ3n) is 1.50. The summed E-state index contributed by atoms with van der Waals surface area (Å²) >= 11 is 0. The quantitative estimate of drug-likeness (QED) is 0.480. The Morgan fingerprint density at radius 1 is 1.46 bits per heavy atom. The predicted molar refractivity (Wildman–Crippen MR) is 45.6 cm³/mol. The molecule has 0 aliphatic heterocycles. The van der Waals surface area contributed by atoms with Crippen molar-refractivity contribution in [1.82, 2.24) is 0 Å². The first-order valence-corrected chi connectivity index (χ1v) is 4.03. The number of carbonyl (C=O) groups excluding carboxylic acids is 2. The standard InChI is InChI=1S/C9H13NO3/c1-6(2)4-8(11)7(5-10)9(12)13-3/h6-7H,4H2,1-3H3. The molecule has 0 N–H and O–H groups in total. The average molecular weight is 183 g/mol. The van der Waals surface area contributed by atoms with Gasteiger partial charge in [-0.3, -0.25) is 9.59 Å². The van der Waals surface area contributed by atoms with Gasteiger partial charge in [0.2, 0.25) is 5.92 Å². The molecule has 0 aromatic rings. The van der Waals surface area contributed by atoms with E-state index in [1.165, 1.54) is 0 Å². The Balaban J connectivity index is 4.35. The van der Waals surface area contributed by atoms with E-state index in [0.717, 1.165) is 7.11 Å². The highest BCUT2D eigenvalue weighted by molar-refractivity contribution is 6.01. The highest BCUT2D eigenvalue weighted by Crippen LogP contribution is 2.08. The van der Waals surface area contributed by atoms with Crippen molar-refractivity contribution < 1.29 is 14.3 Å². The summed E-state index contributed by atoms with van der Waals surface area (Å²) < 4.78 is 4.32. The van der Waals surface area contributed by atoms with E-state index in [1.54, 1.807) is 6.07 Å². The van der Waals surface area contributed by atoms with Crippen molar-refractivity contribution in [2.45, 2.75) is 20.3 Å². The highest BCUT2D eigenvalue weighted by Gasteiger charge is 2.27. The first-order valence-electron chi connectivity index (χ1n) is 4.03. The minimum Gasteiger partial charge on any atom is -0.468 e. The van der Waals surface area contributed by atoms with E-state index >= 15 is 0 Å². The van der Waals surface area contributed by atoms with Crippen LogP contribution in [0.3, 0.4) is 0 Å². The summed E-state index contributed by atoms with van der Waals surface area (Å²) in [7, 11) is 1.16. The molecule has 0 aromatic carbocycles. The van der Waals surface area contributed by atoms with Crippen LogP contribution < -0.4 is 0 Å². The Labute approximate surface area is 77.5 Å². The van der Waals surface area contributed by atoms with Gasteiger partial charge in [-0.25, -0.2) is 0 Å². The van der Waals surface area contributed by atoms with Crippen LogP contribution in [0, 0.1) is 23.2 Å². The Hall–Kier alpha value is -1.37. The zero-order valence-corrected chi connectivity index (χ0v) is 8.03. The molecular weight excluding hydrogens is 170 g/mol. The monoisotopic (exact) mass is 183 g/mol. The van der Waals surface area contributed by atoms with Crippen molar-refractivity contribution in [2.24, 2.45) is 11.8 Å². The first-order chi connectivity index (χ1) is 6.02. The van der Waals surface area contributed by atoms with E-state index in [0.29, 0.717) is 0 Å². The number of nitrogens with zero attached hydrogens (tertiary/aromatic N) is 1. The zero-order valence-electron chi connectivity index (χ0n) is 8.03. The van der Waals surface area contributed by atoms with Gasteiger partial charge in [-0.15, -0.1) is 0 Å². The summed E-state index contributed by atoms with van der Waals surface area (Å²) in [5.74, 6) is -2.25. The Kier molecular flexibility index (Phi) is 4.75. The van der Waals surface area contributed by atoms with Crippen molar-refractivity contribution in [3.63, 3.8) is 0 Å². The molecule has 0 aliphatic carbocycles. The van der Waals surface area contributed by atoms with Crippen LogP contribution in [0.4, 0.5) is 0 Å². The number of nitriles is 1. The molecule has 4 heteroatoms. The lowest BCUT2D eigenvalue weighted by Gasteiger charge is -2.07. The highest BCUT2D eigenvalue weighted by atomic mass is 16.5. The number of ether oxygens (including phenoxy) is 1. The van der Waals surface area contributed by atoms with Crippen LogP contribution in [0.1, 0.15) is 20.3 Å². The van der Waals surface area contributed by atoms with Crippen molar-refractivity contribution in [1.29, 1.82) is 5.26 Å². The number of ketones is 1. The number of carbonyl (C=O) groups is 2. The average Bonchev–Trinajstić information content (AvgIpc) is 2.03. The maximum absolute atomic E-state index is 11.3. The van der Waals surface area contributed by atoms with E-state index in [2.05, 4.69) is 4.74 Å². The molecule has 1 unspecified atom stereocenters. The Bertz CT molecular complexity index is 240. The van der Waals surface area contributed by atoms with Crippen LogP contribution in [-0.4, -0.2) is 18.9 Å².